The topological polar surface area (TPSA) is 18.5 Å². The minimum absolute atomic E-state index is 0.279. The fraction of sp³-hybridized carbons (Fsp3) is 1.00. The van der Waals surface area contributed by atoms with Crippen LogP contribution in [-0.4, -0.2) is 29.8 Å². The summed E-state index contributed by atoms with van der Waals surface area (Å²) in [6.07, 6.45) is 14.1. The molecule has 2 rings (SSSR count). The van der Waals surface area contributed by atoms with Gasteiger partial charge >= 0.3 is 0 Å². The fourth-order valence-corrected chi connectivity index (χ4v) is 6.31. The van der Waals surface area contributed by atoms with Gasteiger partial charge < -0.3 is 8.85 Å². The van der Waals surface area contributed by atoms with Crippen molar-refractivity contribution in [3.63, 3.8) is 0 Å². The lowest BCUT2D eigenvalue weighted by molar-refractivity contribution is -0.0571. The Labute approximate surface area is 159 Å². The van der Waals surface area contributed by atoms with Crippen molar-refractivity contribution in [2.24, 2.45) is 17.3 Å². The quantitative estimate of drug-likeness (QED) is 0.427. The minimum Gasteiger partial charge on any atom is -0.417 e. The minimum atomic E-state index is -1.51. The van der Waals surface area contributed by atoms with Crippen LogP contribution >= 0.6 is 0 Å². The lowest BCUT2D eigenvalue weighted by atomic mass is 9.59. The van der Waals surface area contributed by atoms with E-state index in [0.717, 1.165) is 25.0 Å². The summed E-state index contributed by atoms with van der Waals surface area (Å²) in [4.78, 5) is 0. The Balaban J connectivity index is 2.27. The first kappa shape index (κ1) is 21.7. The van der Waals surface area contributed by atoms with Crippen molar-refractivity contribution in [3.8, 4) is 0 Å². The highest BCUT2D eigenvalue weighted by molar-refractivity contribution is 6.70. The van der Waals surface area contributed by atoms with Crippen molar-refractivity contribution in [1.82, 2.24) is 0 Å². The van der Waals surface area contributed by atoms with Crippen LogP contribution in [0.15, 0.2) is 0 Å². The summed E-state index contributed by atoms with van der Waals surface area (Å²) in [5, 5.41) is 0. The second-order valence-electron chi connectivity index (χ2n) is 10.7. The van der Waals surface area contributed by atoms with E-state index in [9.17, 15) is 0 Å². The standard InChI is InChI=1S/C21H44O2Si2/c1-24(2,3)22-17-21(18-23-25(4,5)6,19-13-9-7-10-14-19)20-15-11-8-12-16-20/h19-20H,7-18H2,1-6H3. The zero-order valence-corrected chi connectivity index (χ0v) is 20.0. The summed E-state index contributed by atoms with van der Waals surface area (Å²) in [6.45, 7) is 16.0. The predicted octanol–water partition coefficient (Wildman–Crippen LogP) is 6.84. The molecule has 0 bridgehead atoms. The van der Waals surface area contributed by atoms with Crippen LogP contribution in [0.2, 0.25) is 39.3 Å². The molecule has 0 atom stereocenters. The monoisotopic (exact) mass is 384 g/mol. The number of hydrogen-bond donors (Lipinski definition) is 0. The van der Waals surface area contributed by atoms with Gasteiger partial charge in [0.2, 0.25) is 0 Å². The molecule has 148 valence electrons. The molecular formula is C21H44O2Si2. The van der Waals surface area contributed by atoms with Gasteiger partial charge in [0.1, 0.15) is 0 Å². The Morgan fingerprint density at radius 1 is 0.600 bits per heavy atom. The van der Waals surface area contributed by atoms with E-state index in [2.05, 4.69) is 39.3 Å². The number of hydrogen-bond acceptors (Lipinski definition) is 2. The number of rotatable bonds is 8. The normalized spacial score (nSPS) is 22.3. The van der Waals surface area contributed by atoms with Crippen LogP contribution in [0.5, 0.6) is 0 Å². The Morgan fingerprint density at radius 3 is 1.20 bits per heavy atom. The zero-order chi connectivity index (χ0) is 18.6. The largest absolute Gasteiger partial charge is 0.417 e. The maximum atomic E-state index is 6.64. The maximum Gasteiger partial charge on any atom is 0.183 e. The van der Waals surface area contributed by atoms with E-state index in [-0.39, 0.29) is 5.41 Å². The molecule has 0 aromatic heterocycles. The van der Waals surface area contributed by atoms with Crippen molar-refractivity contribution in [1.29, 1.82) is 0 Å². The summed E-state index contributed by atoms with van der Waals surface area (Å²) in [5.74, 6) is 1.63. The zero-order valence-electron chi connectivity index (χ0n) is 18.0. The highest BCUT2D eigenvalue weighted by atomic mass is 28.4. The molecule has 2 aliphatic carbocycles. The highest BCUT2D eigenvalue weighted by Gasteiger charge is 2.47. The highest BCUT2D eigenvalue weighted by Crippen LogP contribution is 2.50. The Morgan fingerprint density at radius 2 is 0.920 bits per heavy atom. The van der Waals surface area contributed by atoms with Gasteiger partial charge in [-0.15, -0.1) is 0 Å². The van der Waals surface area contributed by atoms with E-state index < -0.39 is 16.6 Å². The first-order valence-corrected chi connectivity index (χ1v) is 17.7. The van der Waals surface area contributed by atoms with Gasteiger partial charge in [-0.1, -0.05) is 38.5 Å². The molecule has 4 heteroatoms. The molecule has 0 aromatic rings. The van der Waals surface area contributed by atoms with E-state index >= 15 is 0 Å². The van der Waals surface area contributed by atoms with Crippen LogP contribution in [0, 0.1) is 17.3 Å². The molecule has 2 nitrogen and oxygen atoms in total. The van der Waals surface area contributed by atoms with Gasteiger partial charge in [-0.25, -0.2) is 0 Å². The molecule has 0 aromatic carbocycles. The van der Waals surface area contributed by atoms with Crippen LogP contribution in [0.3, 0.4) is 0 Å². The summed E-state index contributed by atoms with van der Waals surface area (Å²) < 4.78 is 13.3. The van der Waals surface area contributed by atoms with Gasteiger partial charge in [0.25, 0.3) is 0 Å². The SMILES string of the molecule is C[Si](C)(C)OCC(CO[Si](C)(C)C)(C1CCCCC1)C1CCCCC1. The molecule has 0 N–H and O–H groups in total. The van der Waals surface area contributed by atoms with Gasteiger partial charge in [-0.05, 0) is 76.8 Å². The average molecular weight is 385 g/mol. The third-order valence-corrected chi connectivity index (χ3v) is 8.40. The molecule has 25 heavy (non-hydrogen) atoms. The molecule has 0 radical (unpaired) electrons. The molecule has 2 saturated carbocycles. The van der Waals surface area contributed by atoms with Crippen molar-refractivity contribution in [2.45, 2.75) is 103 Å². The molecule has 0 aliphatic heterocycles. The molecule has 0 heterocycles. The van der Waals surface area contributed by atoms with E-state index in [1.165, 1.54) is 64.2 Å². The van der Waals surface area contributed by atoms with Crippen LogP contribution in [-0.2, 0) is 8.85 Å². The van der Waals surface area contributed by atoms with E-state index in [1.54, 1.807) is 0 Å². The maximum absolute atomic E-state index is 6.64. The van der Waals surface area contributed by atoms with E-state index in [0.29, 0.717) is 0 Å². The van der Waals surface area contributed by atoms with Crippen LogP contribution in [0.25, 0.3) is 0 Å². The summed E-state index contributed by atoms with van der Waals surface area (Å²) in [5.41, 5.74) is 0.279. The third-order valence-electron chi connectivity index (χ3n) is 6.38. The molecule has 2 fully saturated rings. The first-order valence-electron chi connectivity index (χ1n) is 10.9. The summed E-state index contributed by atoms with van der Waals surface area (Å²) in [7, 11) is -3.03. The second-order valence-corrected chi connectivity index (χ2v) is 19.7. The Bertz CT molecular complexity index is 348. The summed E-state index contributed by atoms with van der Waals surface area (Å²) >= 11 is 0. The van der Waals surface area contributed by atoms with Crippen molar-refractivity contribution >= 4 is 16.6 Å². The van der Waals surface area contributed by atoms with Crippen molar-refractivity contribution in [3.05, 3.63) is 0 Å². The average Bonchev–Trinajstić information content (AvgIpc) is 2.55. The van der Waals surface area contributed by atoms with Gasteiger partial charge in [-0.3, -0.25) is 0 Å². The molecule has 2 aliphatic rings. The molecular weight excluding hydrogens is 340 g/mol. The Hall–Kier alpha value is 0.354. The smallest absolute Gasteiger partial charge is 0.183 e. The van der Waals surface area contributed by atoms with Gasteiger partial charge in [-0.2, -0.15) is 0 Å². The predicted molar refractivity (Wildman–Crippen MR) is 114 cm³/mol. The first-order chi connectivity index (χ1) is 11.6. The third kappa shape index (κ3) is 6.78. The van der Waals surface area contributed by atoms with Crippen LogP contribution in [0.4, 0.5) is 0 Å². The lowest BCUT2D eigenvalue weighted by Gasteiger charge is -2.50. The van der Waals surface area contributed by atoms with Gasteiger partial charge in [0.05, 0.1) is 0 Å². The molecule has 0 amide bonds. The lowest BCUT2D eigenvalue weighted by Crippen LogP contribution is -2.51. The molecule has 0 unspecified atom stereocenters. The van der Waals surface area contributed by atoms with Crippen molar-refractivity contribution < 1.29 is 8.85 Å². The van der Waals surface area contributed by atoms with Gasteiger partial charge in [0.15, 0.2) is 16.6 Å². The Kier molecular flexibility index (Phi) is 7.82. The van der Waals surface area contributed by atoms with Crippen molar-refractivity contribution in [2.75, 3.05) is 13.2 Å². The van der Waals surface area contributed by atoms with Gasteiger partial charge in [0, 0.05) is 18.6 Å². The van der Waals surface area contributed by atoms with Crippen LogP contribution < -0.4 is 0 Å². The second kappa shape index (κ2) is 9.03. The molecule has 0 saturated heterocycles. The fourth-order valence-electron chi connectivity index (χ4n) is 4.90. The van der Waals surface area contributed by atoms with E-state index in [1.807, 2.05) is 0 Å². The molecule has 0 spiro atoms. The van der Waals surface area contributed by atoms with E-state index in [4.69, 9.17) is 8.85 Å². The van der Waals surface area contributed by atoms with Crippen LogP contribution in [0.1, 0.15) is 64.2 Å². The summed E-state index contributed by atoms with van der Waals surface area (Å²) in [6, 6.07) is 0.